The standard InChI is InChI=1S/C9H7F4N3O2/c10-6-2-1-3-7(18-9(11,12)13)5(6)4-15-16-8(14)17/h1-4H,(H3,14,16,17). The Morgan fingerprint density at radius 2 is 2.11 bits per heavy atom. The van der Waals surface area contributed by atoms with Crippen LogP contribution in [-0.4, -0.2) is 18.6 Å². The van der Waals surface area contributed by atoms with Crippen LogP contribution in [0.15, 0.2) is 23.3 Å². The van der Waals surface area contributed by atoms with Gasteiger partial charge in [0.05, 0.1) is 11.8 Å². The number of amides is 2. The van der Waals surface area contributed by atoms with Crippen LogP contribution < -0.4 is 15.9 Å². The molecule has 5 nitrogen and oxygen atoms in total. The van der Waals surface area contributed by atoms with Crippen molar-refractivity contribution in [3.05, 3.63) is 29.6 Å². The van der Waals surface area contributed by atoms with Crippen LogP contribution in [0.4, 0.5) is 22.4 Å². The highest BCUT2D eigenvalue weighted by atomic mass is 19.4. The number of hydrogen-bond donors (Lipinski definition) is 2. The van der Waals surface area contributed by atoms with E-state index in [0.29, 0.717) is 6.21 Å². The lowest BCUT2D eigenvalue weighted by Crippen LogP contribution is -2.24. The summed E-state index contributed by atoms with van der Waals surface area (Å²) in [4.78, 5) is 10.3. The fourth-order valence-electron chi connectivity index (χ4n) is 1.02. The van der Waals surface area contributed by atoms with Gasteiger partial charge >= 0.3 is 12.4 Å². The number of rotatable bonds is 3. The summed E-state index contributed by atoms with van der Waals surface area (Å²) in [5, 5.41) is 3.16. The van der Waals surface area contributed by atoms with E-state index in [-0.39, 0.29) is 0 Å². The smallest absolute Gasteiger partial charge is 0.405 e. The second kappa shape index (κ2) is 5.34. The molecule has 0 atom stereocenters. The zero-order chi connectivity index (χ0) is 13.8. The predicted octanol–water partition coefficient (Wildman–Crippen LogP) is 1.73. The molecule has 0 saturated heterocycles. The van der Waals surface area contributed by atoms with Gasteiger partial charge in [0.25, 0.3) is 0 Å². The molecule has 0 spiro atoms. The molecule has 18 heavy (non-hydrogen) atoms. The molecule has 0 aliphatic carbocycles. The molecule has 0 unspecified atom stereocenters. The number of carbonyl (C=O) groups is 1. The summed E-state index contributed by atoms with van der Waals surface area (Å²) in [6.07, 6.45) is -4.31. The summed E-state index contributed by atoms with van der Waals surface area (Å²) < 4.78 is 52.9. The number of ether oxygens (including phenoxy) is 1. The molecule has 2 amide bonds. The number of primary amides is 1. The molecule has 0 aromatic heterocycles. The number of urea groups is 1. The van der Waals surface area contributed by atoms with Crippen molar-refractivity contribution in [2.75, 3.05) is 0 Å². The molecule has 1 rings (SSSR count). The van der Waals surface area contributed by atoms with Crippen molar-refractivity contribution >= 4 is 12.2 Å². The lowest BCUT2D eigenvalue weighted by molar-refractivity contribution is -0.274. The Morgan fingerprint density at radius 3 is 2.67 bits per heavy atom. The molecule has 0 bridgehead atoms. The average Bonchev–Trinajstić information content (AvgIpc) is 2.19. The first-order valence-corrected chi connectivity index (χ1v) is 4.42. The molecule has 1 aromatic carbocycles. The molecule has 3 N–H and O–H groups in total. The van der Waals surface area contributed by atoms with Crippen LogP contribution in [0.1, 0.15) is 5.56 Å². The number of hydrogen-bond acceptors (Lipinski definition) is 3. The second-order valence-electron chi connectivity index (χ2n) is 2.93. The maximum Gasteiger partial charge on any atom is 0.573 e. The largest absolute Gasteiger partial charge is 0.573 e. The topological polar surface area (TPSA) is 76.7 Å². The van der Waals surface area contributed by atoms with Crippen LogP contribution in [-0.2, 0) is 0 Å². The van der Waals surface area contributed by atoms with Gasteiger partial charge in [-0.25, -0.2) is 14.6 Å². The van der Waals surface area contributed by atoms with Gasteiger partial charge in [-0.1, -0.05) is 6.07 Å². The highest BCUT2D eigenvalue weighted by Gasteiger charge is 2.32. The summed E-state index contributed by atoms with van der Waals surface area (Å²) >= 11 is 0. The molecule has 0 aliphatic heterocycles. The molecule has 0 aliphatic rings. The zero-order valence-electron chi connectivity index (χ0n) is 8.66. The van der Waals surface area contributed by atoms with Gasteiger partial charge in [0, 0.05) is 0 Å². The average molecular weight is 265 g/mol. The van der Waals surface area contributed by atoms with Crippen molar-refractivity contribution < 1.29 is 27.1 Å². The van der Waals surface area contributed by atoms with E-state index in [1.807, 2.05) is 0 Å². The molecule has 0 saturated carbocycles. The Hall–Kier alpha value is -2.32. The Balaban J connectivity index is 3.01. The SMILES string of the molecule is NC(=O)NN=Cc1c(F)cccc1OC(F)(F)F. The highest BCUT2D eigenvalue weighted by molar-refractivity contribution is 5.85. The van der Waals surface area contributed by atoms with Crippen LogP contribution >= 0.6 is 0 Å². The summed E-state index contributed by atoms with van der Waals surface area (Å²) in [7, 11) is 0. The van der Waals surface area contributed by atoms with Crippen LogP contribution in [0.2, 0.25) is 0 Å². The van der Waals surface area contributed by atoms with Crippen LogP contribution in [0.3, 0.4) is 0 Å². The first-order valence-electron chi connectivity index (χ1n) is 4.42. The van der Waals surface area contributed by atoms with Crippen LogP contribution in [0.5, 0.6) is 5.75 Å². The van der Waals surface area contributed by atoms with Gasteiger partial charge in [-0.15, -0.1) is 13.2 Å². The van der Waals surface area contributed by atoms with Crippen molar-refractivity contribution in [2.24, 2.45) is 10.8 Å². The molecule has 0 radical (unpaired) electrons. The number of alkyl halides is 3. The second-order valence-corrected chi connectivity index (χ2v) is 2.93. The first-order chi connectivity index (χ1) is 8.29. The summed E-state index contributed by atoms with van der Waals surface area (Å²) in [5.41, 5.74) is 5.82. The van der Waals surface area contributed by atoms with E-state index in [9.17, 15) is 22.4 Å². The Labute approximate surface area is 98.2 Å². The van der Waals surface area contributed by atoms with Gasteiger partial charge in [-0.05, 0) is 12.1 Å². The summed E-state index contributed by atoms with van der Waals surface area (Å²) in [6, 6.07) is 1.81. The van der Waals surface area contributed by atoms with Crippen LogP contribution in [0, 0.1) is 5.82 Å². The zero-order valence-corrected chi connectivity index (χ0v) is 8.66. The number of nitrogens with one attached hydrogen (secondary N) is 1. The highest BCUT2D eigenvalue weighted by Crippen LogP contribution is 2.26. The van der Waals surface area contributed by atoms with E-state index in [4.69, 9.17) is 0 Å². The lowest BCUT2D eigenvalue weighted by atomic mass is 10.2. The molecule has 98 valence electrons. The minimum Gasteiger partial charge on any atom is -0.405 e. The van der Waals surface area contributed by atoms with Gasteiger partial charge in [-0.2, -0.15) is 5.10 Å². The van der Waals surface area contributed by atoms with E-state index in [1.165, 1.54) is 0 Å². The molecule has 9 heteroatoms. The maximum absolute atomic E-state index is 13.3. The lowest BCUT2D eigenvalue weighted by Gasteiger charge is -2.11. The molecule has 0 heterocycles. The van der Waals surface area contributed by atoms with E-state index in [0.717, 1.165) is 18.2 Å². The third kappa shape index (κ3) is 4.28. The van der Waals surface area contributed by atoms with Crippen molar-refractivity contribution in [1.82, 2.24) is 5.43 Å². The third-order valence-electron chi connectivity index (χ3n) is 1.61. The van der Waals surface area contributed by atoms with Crippen molar-refractivity contribution in [3.63, 3.8) is 0 Å². The van der Waals surface area contributed by atoms with Gasteiger partial charge in [0.1, 0.15) is 11.6 Å². The van der Waals surface area contributed by atoms with E-state index in [2.05, 4.69) is 15.6 Å². The number of benzene rings is 1. The number of nitrogens with zero attached hydrogens (tertiary/aromatic N) is 1. The number of nitrogens with two attached hydrogens (primary N) is 1. The fraction of sp³-hybridized carbons (Fsp3) is 0.111. The minimum atomic E-state index is -4.96. The Kier molecular flexibility index (Phi) is 4.08. The molecular formula is C9H7F4N3O2. The number of halogens is 4. The first kappa shape index (κ1) is 13.7. The normalized spacial score (nSPS) is 11.6. The van der Waals surface area contributed by atoms with E-state index < -0.39 is 29.5 Å². The number of hydrazone groups is 1. The monoisotopic (exact) mass is 265 g/mol. The maximum atomic E-state index is 13.3. The summed E-state index contributed by atoms with van der Waals surface area (Å²) in [6.45, 7) is 0. The predicted molar refractivity (Wildman–Crippen MR) is 53.4 cm³/mol. The summed E-state index contributed by atoms with van der Waals surface area (Å²) in [5.74, 6) is -1.77. The van der Waals surface area contributed by atoms with Crippen molar-refractivity contribution in [3.8, 4) is 5.75 Å². The Bertz CT molecular complexity index is 473. The quantitative estimate of drug-likeness (QED) is 0.496. The van der Waals surface area contributed by atoms with Gasteiger partial charge in [0.2, 0.25) is 0 Å². The molecule has 0 fully saturated rings. The van der Waals surface area contributed by atoms with Crippen molar-refractivity contribution in [2.45, 2.75) is 6.36 Å². The van der Waals surface area contributed by atoms with Gasteiger partial charge < -0.3 is 10.5 Å². The number of carbonyl (C=O) groups excluding carboxylic acids is 1. The Morgan fingerprint density at radius 1 is 1.44 bits per heavy atom. The molecule has 1 aromatic rings. The van der Waals surface area contributed by atoms with Gasteiger partial charge in [0.15, 0.2) is 0 Å². The fourth-order valence-corrected chi connectivity index (χ4v) is 1.02. The van der Waals surface area contributed by atoms with E-state index in [1.54, 1.807) is 5.43 Å². The third-order valence-corrected chi connectivity index (χ3v) is 1.61. The van der Waals surface area contributed by atoms with E-state index >= 15 is 0 Å². The van der Waals surface area contributed by atoms with Gasteiger partial charge in [-0.3, -0.25) is 0 Å². The minimum absolute atomic E-state index is 0.566. The van der Waals surface area contributed by atoms with Crippen LogP contribution in [0.25, 0.3) is 0 Å². The molecular weight excluding hydrogens is 258 g/mol. The van der Waals surface area contributed by atoms with Crippen molar-refractivity contribution in [1.29, 1.82) is 0 Å².